The molecule has 0 spiro atoms. The molecule has 0 amide bonds. The van der Waals surface area contributed by atoms with Crippen molar-refractivity contribution in [3.8, 4) is 5.88 Å². The molecule has 1 aliphatic rings. The maximum absolute atomic E-state index is 13.4. The molecule has 0 fully saturated rings. The molecule has 2 aromatic heterocycles. The zero-order chi connectivity index (χ0) is 13.1. The van der Waals surface area contributed by atoms with Crippen LogP contribution in [0.25, 0.3) is 0 Å². The van der Waals surface area contributed by atoms with Crippen LogP contribution in [-0.4, -0.2) is 27.4 Å². The van der Waals surface area contributed by atoms with Crippen LogP contribution < -0.4 is 10.1 Å². The van der Waals surface area contributed by atoms with Gasteiger partial charge >= 0.3 is 0 Å². The summed E-state index contributed by atoms with van der Waals surface area (Å²) < 4.78 is 20.8. The van der Waals surface area contributed by atoms with Gasteiger partial charge in [0.1, 0.15) is 6.61 Å². The third-order valence-corrected chi connectivity index (χ3v) is 3.21. The molecule has 0 aromatic carbocycles. The number of pyridine rings is 1. The Labute approximate surface area is 110 Å². The maximum Gasteiger partial charge on any atom is 0.250 e. The van der Waals surface area contributed by atoms with E-state index in [1.807, 2.05) is 10.7 Å². The molecule has 1 N–H and O–H groups in total. The average Bonchev–Trinajstić information content (AvgIpc) is 2.79. The molecule has 0 radical (unpaired) electrons. The Morgan fingerprint density at radius 3 is 3.26 bits per heavy atom. The number of hydrogen-bond donors (Lipinski definition) is 1. The minimum atomic E-state index is -0.427. The van der Waals surface area contributed by atoms with Gasteiger partial charge in [-0.2, -0.15) is 5.10 Å². The summed E-state index contributed by atoms with van der Waals surface area (Å²) in [5.41, 5.74) is 1.16. The van der Waals surface area contributed by atoms with Crippen molar-refractivity contribution in [2.45, 2.75) is 25.6 Å². The van der Waals surface area contributed by atoms with Crippen molar-refractivity contribution in [2.75, 3.05) is 6.61 Å². The number of hydrogen-bond acceptors (Lipinski definition) is 4. The number of ether oxygens (including phenoxy) is 1. The first-order valence-corrected chi connectivity index (χ1v) is 6.30. The van der Waals surface area contributed by atoms with E-state index in [1.54, 1.807) is 12.3 Å². The van der Waals surface area contributed by atoms with Crippen molar-refractivity contribution >= 4 is 0 Å². The summed E-state index contributed by atoms with van der Waals surface area (Å²) in [5.74, 6) is -0.365. The Hall–Kier alpha value is -1.95. The van der Waals surface area contributed by atoms with E-state index < -0.39 is 5.82 Å². The number of nitrogens with zero attached hydrogens (tertiary/aromatic N) is 3. The molecule has 1 unspecified atom stereocenters. The summed E-state index contributed by atoms with van der Waals surface area (Å²) in [4.78, 5) is 3.87. The molecule has 5 nitrogen and oxygen atoms in total. The summed E-state index contributed by atoms with van der Waals surface area (Å²) in [5, 5.41) is 7.62. The third-order valence-electron chi connectivity index (χ3n) is 3.21. The first kappa shape index (κ1) is 12.1. The molecule has 0 saturated heterocycles. The molecular weight excluding hydrogens is 247 g/mol. The summed E-state index contributed by atoms with van der Waals surface area (Å²) in [6.07, 6.45) is 4.22. The van der Waals surface area contributed by atoms with Gasteiger partial charge in [0.15, 0.2) is 5.82 Å². The zero-order valence-corrected chi connectivity index (χ0v) is 10.4. The molecule has 2 aromatic rings. The van der Waals surface area contributed by atoms with E-state index in [2.05, 4.69) is 15.4 Å². The van der Waals surface area contributed by atoms with Crippen LogP contribution in [0.2, 0.25) is 0 Å². The zero-order valence-electron chi connectivity index (χ0n) is 10.4. The Bertz CT molecular complexity index is 535. The maximum atomic E-state index is 13.4. The Morgan fingerprint density at radius 2 is 2.37 bits per heavy atom. The molecule has 0 saturated carbocycles. The topological polar surface area (TPSA) is 52.0 Å². The highest BCUT2D eigenvalue weighted by molar-refractivity contribution is 5.12. The van der Waals surface area contributed by atoms with E-state index in [0.717, 1.165) is 25.2 Å². The highest BCUT2D eigenvalue weighted by Crippen LogP contribution is 2.13. The lowest BCUT2D eigenvalue weighted by molar-refractivity contribution is 0.237. The second-order valence-electron chi connectivity index (χ2n) is 4.51. The molecule has 3 rings (SSSR count). The second-order valence-corrected chi connectivity index (χ2v) is 4.51. The molecule has 3 heterocycles. The minimum absolute atomic E-state index is 0.0614. The monoisotopic (exact) mass is 262 g/mol. The van der Waals surface area contributed by atoms with Crippen molar-refractivity contribution in [1.29, 1.82) is 0 Å². The molecule has 0 bridgehead atoms. The van der Waals surface area contributed by atoms with Crippen molar-refractivity contribution in [1.82, 2.24) is 20.1 Å². The van der Waals surface area contributed by atoms with Gasteiger partial charge < -0.3 is 10.1 Å². The third kappa shape index (κ3) is 2.73. The Balaban J connectivity index is 1.57. The van der Waals surface area contributed by atoms with Gasteiger partial charge in [-0.3, -0.25) is 4.68 Å². The number of aromatic nitrogens is 3. The van der Waals surface area contributed by atoms with Gasteiger partial charge in [0, 0.05) is 31.5 Å². The smallest absolute Gasteiger partial charge is 0.250 e. The molecular formula is C13H15FN4O. The molecule has 19 heavy (non-hydrogen) atoms. The quantitative estimate of drug-likeness (QED) is 0.907. The first-order chi connectivity index (χ1) is 9.33. The number of nitrogens with one attached hydrogen (secondary N) is 1. The molecule has 1 aliphatic heterocycles. The van der Waals surface area contributed by atoms with E-state index >= 15 is 0 Å². The van der Waals surface area contributed by atoms with E-state index in [0.29, 0.717) is 6.61 Å². The molecule has 100 valence electrons. The van der Waals surface area contributed by atoms with Crippen molar-refractivity contribution in [3.63, 3.8) is 0 Å². The lowest BCUT2D eigenvalue weighted by Gasteiger charge is -2.15. The number of aryl methyl sites for hydroxylation is 1. The second kappa shape index (κ2) is 5.36. The van der Waals surface area contributed by atoms with E-state index in [4.69, 9.17) is 4.74 Å². The number of halogens is 1. The van der Waals surface area contributed by atoms with Crippen molar-refractivity contribution < 1.29 is 9.13 Å². The summed E-state index contributed by atoms with van der Waals surface area (Å²) in [7, 11) is 0. The van der Waals surface area contributed by atoms with Crippen LogP contribution in [0, 0.1) is 5.82 Å². The van der Waals surface area contributed by atoms with E-state index in [1.165, 1.54) is 12.3 Å². The van der Waals surface area contributed by atoms with Crippen LogP contribution in [0.1, 0.15) is 12.1 Å². The fraction of sp³-hybridized carbons (Fsp3) is 0.385. The molecule has 0 aliphatic carbocycles. The lowest BCUT2D eigenvalue weighted by Crippen LogP contribution is -2.33. The Morgan fingerprint density at radius 1 is 1.42 bits per heavy atom. The minimum Gasteiger partial charge on any atom is -0.474 e. The highest BCUT2D eigenvalue weighted by atomic mass is 19.1. The van der Waals surface area contributed by atoms with Gasteiger partial charge in [0.05, 0.1) is 5.69 Å². The highest BCUT2D eigenvalue weighted by Gasteiger charge is 2.16. The predicted molar refractivity (Wildman–Crippen MR) is 67.2 cm³/mol. The fourth-order valence-electron chi connectivity index (χ4n) is 2.14. The van der Waals surface area contributed by atoms with Gasteiger partial charge in [0.2, 0.25) is 5.88 Å². The largest absolute Gasteiger partial charge is 0.474 e. The number of rotatable bonds is 3. The van der Waals surface area contributed by atoms with Crippen molar-refractivity contribution in [3.05, 3.63) is 42.1 Å². The predicted octanol–water partition coefficient (Wildman–Crippen LogP) is 1.36. The summed E-state index contributed by atoms with van der Waals surface area (Å²) in [6.45, 7) is 1.99. The number of fused-ring (bicyclic) bond motifs is 1. The van der Waals surface area contributed by atoms with Crippen LogP contribution in [-0.2, 0) is 13.1 Å². The van der Waals surface area contributed by atoms with Crippen LogP contribution in [0.3, 0.4) is 0 Å². The standard InChI is InChI=1S/C13H15FN4O/c14-12-2-1-5-15-13(12)19-9-10-4-7-18-11(8-16-10)3-6-17-18/h1-3,5-6,10,16H,4,7-9H2. The van der Waals surface area contributed by atoms with Crippen LogP contribution in [0.15, 0.2) is 30.6 Å². The van der Waals surface area contributed by atoms with Crippen LogP contribution in [0.4, 0.5) is 4.39 Å². The van der Waals surface area contributed by atoms with Gasteiger partial charge in [-0.15, -0.1) is 0 Å². The molecule has 6 heteroatoms. The average molecular weight is 262 g/mol. The van der Waals surface area contributed by atoms with Crippen molar-refractivity contribution in [2.24, 2.45) is 0 Å². The van der Waals surface area contributed by atoms with E-state index in [-0.39, 0.29) is 11.9 Å². The Kier molecular flexibility index (Phi) is 3.41. The molecule has 1 atom stereocenters. The van der Waals surface area contributed by atoms with Gasteiger partial charge in [-0.1, -0.05) is 0 Å². The van der Waals surface area contributed by atoms with E-state index in [9.17, 15) is 4.39 Å². The van der Waals surface area contributed by atoms with Gasteiger partial charge in [-0.05, 0) is 24.6 Å². The van der Waals surface area contributed by atoms with Gasteiger partial charge in [0.25, 0.3) is 0 Å². The SMILES string of the molecule is Fc1cccnc1OCC1CCn2nccc2CN1. The fourth-order valence-corrected chi connectivity index (χ4v) is 2.14. The lowest BCUT2D eigenvalue weighted by atomic mass is 10.2. The van der Waals surface area contributed by atoms with Crippen LogP contribution >= 0.6 is 0 Å². The van der Waals surface area contributed by atoms with Gasteiger partial charge in [-0.25, -0.2) is 9.37 Å². The van der Waals surface area contributed by atoms with Crippen LogP contribution in [0.5, 0.6) is 5.88 Å². The normalized spacial score (nSPS) is 18.7. The summed E-state index contributed by atoms with van der Waals surface area (Å²) in [6, 6.07) is 5.06. The summed E-state index contributed by atoms with van der Waals surface area (Å²) >= 11 is 0. The first-order valence-electron chi connectivity index (χ1n) is 6.30.